The lowest BCUT2D eigenvalue weighted by atomic mass is 10.2. The van der Waals surface area contributed by atoms with Crippen LogP contribution in [0.25, 0.3) is 0 Å². The summed E-state index contributed by atoms with van der Waals surface area (Å²) in [5.74, 6) is -0.456. The van der Waals surface area contributed by atoms with Crippen molar-refractivity contribution in [3.8, 4) is 0 Å². The molecule has 14 heavy (non-hydrogen) atoms. The number of amidine groups is 1. The predicted octanol–water partition coefficient (Wildman–Crippen LogP) is 0.399. The van der Waals surface area contributed by atoms with Crippen LogP contribution in [0.3, 0.4) is 0 Å². The van der Waals surface area contributed by atoms with Gasteiger partial charge in [-0.3, -0.25) is 9.79 Å². The van der Waals surface area contributed by atoms with Gasteiger partial charge in [0.2, 0.25) is 0 Å². The highest BCUT2D eigenvalue weighted by molar-refractivity contribution is 5.85. The molecule has 0 saturated heterocycles. The van der Waals surface area contributed by atoms with E-state index in [0.717, 1.165) is 0 Å². The molecule has 5 N–H and O–H groups in total. The van der Waals surface area contributed by atoms with E-state index in [-0.39, 0.29) is 24.8 Å². The van der Waals surface area contributed by atoms with Crippen LogP contribution in [0.2, 0.25) is 0 Å². The molecule has 0 spiro atoms. The number of rotatable bonds is 5. The molecule has 0 heterocycles. The Hall–Kier alpha value is -0.520. The first-order valence-electron chi connectivity index (χ1n) is 3.79. The van der Waals surface area contributed by atoms with E-state index in [1.54, 1.807) is 6.92 Å². The maximum Gasteiger partial charge on any atom is 0.320 e. The van der Waals surface area contributed by atoms with Gasteiger partial charge in [0.25, 0.3) is 0 Å². The maximum atomic E-state index is 10.2. The van der Waals surface area contributed by atoms with Crippen molar-refractivity contribution < 1.29 is 9.90 Å². The number of hydrogen-bond acceptors (Lipinski definition) is 3. The van der Waals surface area contributed by atoms with Crippen molar-refractivity contribution in [1.29, 1.82) is 0 Å². The van der Waals surface area contributed by atoms with E-state index in [2.05, 4.69) is 4.99 Å². The fourth-order valence-corrected chi connectivity index (χ4v) is 0.690. The third-order valence-electron chi connectivity index (χ3n) is 1.35. The normalized spacial score (nSPS) is 12.3. The fraction of sp³-hybridized carbons (Fsp3) is 0.714. The zero-order valence-corrected chi connectivity index (χ0v) is 9.61. The number of aliphatic imine (C=N–C) groups is 1. The highest BCUT2D eigenvalue weighted by Gasteiger charge is 2.09. The van der Waals surface area contributed by atoms with Gasteiger partial charge in [-0.2, -0.15) is 0 Å². The van der Waals surface area contributed by atoms with E-state index >= 15 is 0 Å². The summed E-state index contributed by atoms with van der Waals surface area (Å²) < 4.78 is 0. The van der Waals surface area contributed by atoms with Crippen molar-refractivity contribution in [3.63, 3.8) is 0 Å². The molecule has 0 aromatic rings. The molecule has 0 amide bonds. The topological polar surface area (TPSA) is 102 Å². The standard InChI is InChI=1S/C7H15N3O2.2ClH/c1-5(8)10-4-2-3-6(9)7(11)12;;/h6H,2-4,9H2,1H3,(H2,8,10)(H,11,12);2*1H/t6-;;/m1../s1. The maximum absolute atomic E-state index is 10.2. The van der Waals surface area contributed by atoms with Gasteiger partial charge in [-0.1, -0.05) is 0 Å². The van der Waals surface area contributed by atoms with E-state index in [0.29, 0.717) is 25.2 Å². The number of halogens is 2. The van der Waals surface area contributed by atoms with Gasteiger partial charge in [-0.25, -0.2) is 0 Å². The molecule has 0 fully saturated rings. The molecule has 0 aromatic carbocycles. The van der Waals surface area contributed by atoms with Gasteiger partial charge >= 0.3 is 5.97 Å². The smallest absolute Gasteiger partial charge is 0.320 e. The Kier molecular flexibility index (Phi) is 14.4. The molecule has 0 aliphatic carbocycles. The summed E-state index contributed by atoms with van der Waals surface area (Å²) in [4.78, 5) is 14.1. The Bertz CT molecular complexity index is 184. The predicted molar refractivity (Wildman–Crippen MR) is 61.5 cm³/mol. The van der Waals surface area contributed by atoms with Crippen LogP contribution < -0.4 is 11.5 Å². The minimum atomic E-state index is -0.969. The van der Waals surface area contributed by atoms with Crippen LogP contribution in [0.1, 0.15) is 19.8 Å². The van der Waals surface area contributed by atoms with Crippen molar-refractivity contribution in [1.82, 2.24) is 0 Å². The summed E-state index contributed by atoms with van der Waals surface area (Å²) >= 11 is 0. The van der Waals surface area contributed by atoms with Crippen LogP contribution in [-0.2, 0) is 4.79 Å². The second-order valence-electron chi connectivity index (χ2n) is 2.61. The summed E-state index contributed by atoms with van der Waals surface area (Å²) in [6.07, 6.45) is 1.09. The van der Waals surface area contributed by atoms with Crippen LogP contribution in [0, 0.1) is 0 Å². The summed E-state index contributed by atoms with van der Waals surface area (Å²) in [5.41, 5.74) is 10.5. The van der Waals surface area contributed by atoms with Gasteiger partial charge in [0.1, 0.15) is 6.04 Å². The molecular weight excluding hydrogens is 229 g/mol. The fourth-order valence-electron chi connectivity index (χ4n) is 0.690. The zero-order chi connectivity index (χ0) is 9.56. The molecule has 5 nitrogen and oxygen atoms in total. The van der Waals surface area contributed by atoms with Gasteiger partial charge in [-0.15, -0.1) is 24.8 Å². The first-order chi connectivity index (χ1) is 5.54. The van der Waals surface area contributed by atoms with E-state index in [1.807, 2.05) is 0 Å². The van der Waals surface area contributed by atoms with E-state index in [9.17, 15) is 4.79 Å². The quantitative estimate of drug-likeness (QED) is 0.371. The number of nitrogens with two attached hydrogens (primary N) is 2. The molecular formula is C7H17Cl2N3O2. The Labute approximate surface area is 95.8 Å². The molecule has 1 atom stereocenters. The lowest BCUT2D eigenvalue weighted by molar-refractivity contribution is -0.138. The van der Waals surface area contributed by atoms with Gasteiger partial charge < -0.3 is 16.6 Å². The molecule has 7 heteroatoms. The summed E-state index contributed by atoms with van der Waals surface area (Å²) in [5, 5.41) is 8.40. The van der Waals surface area contributed by atoms with Gasteiger partial charge in [0, 0.05) is 6.54 Å². The van der Waals surface area contributed by atoms with Crippen LogP contribution >= 0.6 is 24.8 Å². The molecule has 0 aliphatic rings. The van der Waals surface area contributed by atoms with Crippen LogP contribution in [0.4, 0.5) is 0 Å². The Morgan fingerprint density at radius 2 is 2.00 bits per heavy atom. The Balaban J connectivity index is -0.000000605. The number of carboxylic acids is 1. The Morgan fingerprint density at radius 1 is 1.50 bits per heavy atom. The number of aliphatic carboxylic acids is 1. The molecule has 0 saturated carbocycles. The number of nitrogens with zero attached hydrogens (tertiary/aromatic N) is 1. The summed E-state index contributed by atoms with van der Waals surface area (Å²) in [6.45, 7) is 2.24. The van der Waals surface area contributed by atoms with Gasteiger partial charge in [-0.05, 0) is 19.8 Å². The first kappa shape index (κ1) is 19.1. The van der Waals surface area contributed by atoms with Gasteiger partial charge in [0.05, 0.1) is 5.84 Å². The first-order valence-corrected chi connectivity index (χ1v) is 3.79. The minimum absolute atomic E-state index is 0. The van der Waals surface area contributed by atoms with Crippen molar-refractivity contribution in [2.24, 2.45) is 16.5 Å². The third-order valence-corrected chi connectivity index (χ3v) is 1.35. The number of carboxylic acid groups (broad SMARTS) is 1. The largest absolute Gasteiger partial charge is 0.480 e. The number of carbonyl (C=O) groups is 1. The van der Waals surface area contributed by atoms with Crippen LogP contribution in [0.5, 0.6) is 0 Å². The second kappa shape index (κ2) is 10.6. The lowest BCUT2D eigenvalue weighted by Gasteiger charge is -2.03. The molecule has 0 rings (SSSR count). The SMILES string of the molecule is CC(N)=NCCC[C@@H](N)C(=O)O.Cl.Cl. The molecule has 0 aliphatic heterocycles. The summed E-state index contributed by atoms with van der Waals surface area (Å²) in [6, 6.07) is -0.779. The molecule has 0 radical (unpaired) electrons. The molecule has 0 bridgehead atoms. The molecule has 86 valence electrons. The van der Waals surface area contributed by atoms with E-state index in [1.165, 1.54) is 0 Å². The lowest BCUT2D eigenvalue weighted by Crippen LogP contribution is -2.30. The second-order valence-corrected chi connectivity index (χ2v) is 2.61. The summed E-state index contributed by atoms with van der Waals surface area (Å²) in [7, 11) is 0. The van der Waals surface area contributed by atoms with Crippen molar-refractivity contribution in [3.05, 3.63) is 0 Å². The third kappa shape index (κ3) is 11.5. The van der Waals surface area contributed by atoms with Crippen molar-refractivity contribution >= 4 is 36.6 Å². The van der Waals surface area contributed by atoms with Gasteiger partial charge in [0.15, 0.2) is 0 Å². The van der Waals surface area contributed by atoms with Crippen LogP contribution in [-0.4, -0.2) is 29.5 Å². The highest BCUT2D eigenvalue weighted by atomic mass is 35.5. The average Bonchev–Trinajstić information content (AvgIpc) is 1.97. The molecule has 0 unspecified atom stereocenters. The van der Waals surface area contributed by atoms with Crippen LogP contribution in [0.15, 0.2) is 4.99 Å². The van der Waals surface area contributed by atoms with E-state index in [4.69, 9.17) is 16.6 Å². The van der Waals surface area contributed by atoms with Crippen molar-refractivity contribution in [2.45, 2.75) is 25.8 Å². The minimum Gasteiger partial charge on any atom is -0.480 e. The number of hydrogen-bond donors (Lipinski definition) is 3. The zero-order valence-electron chi connectivity index (χ0n) is 7.97. The monoisotopic (exact) mass is 245 g/mol. The highest BCUT2D eigenvalue weighted by Crippen LogP contribution is 1.94. The average molecular weight is 246 g/mol. The Morgan fingerprint density at radius 3 is 2.36 bits per heavy atom. The molecule has 0 aromatic heterocycles. The van der Waals surface area contributed by atoms with E-state index < -0.39 is 12.0 Å². The van der Waals surface area contributed by atoms with Crippen molar-refractivity contribution in [2.75, 3.05) is 6.54 Å².